The average molecular weight is 403 g/mol. The summed E-state index contributed by atoms with van der Waals surface area (Å²) >= 11 is 1.62. The summed E-state index contributed by atoms with van der Waals surface area (Å²) < 4.78 is 0. The lowest BCUT2D eigenvalue weighted by molar-refractivity contribution is -0.133. The fourth-order valence-corrected chi connectivity index (χ4v) is 3.68. The maximum absolute atomic E-state index is 12.6. The van der Waals surface area contributed by atoms with E-state index in [-0.39, 0.29) is 24.9 Å². The van der Waals surface area contributed by atoms with Crippen molar-refractivity contribution in [2.75, 3.05) is 50.7 Å². The van der Waals surface area contributed by atoms with Crippen LogP contribution >= 0.6 is 11.3 Å². The van der Waals surface area contributed by atoms with Gasteiger partial charge in [-0.2, -0.15) is 0 Å². The molecule has 1 saturated heterocycles. The molecular formula is C19H26N6O2S. The first-order valence-corrected chi connectivity index (χ1v) is 10.3. The molecule has 3 heterocycles. The topological polar surface area (TPSA) is 81.7 Å². The molecule has 1 fully saturated rings. The average Bonchev–Trinajstić information content (AvgIpc) is 3.26. The van der Waals surface area contributed by atoms with Crippen LogP contribution in [0.15, 0.2) is 36.0 Å². The summed E-state index contributed by atoms with van der Waals surface area (Å²) in [6.45, 7) is 6.33. The van der Waals surface area contributed by atoms with Gasteiger partial charge in [-0.1, -0.05) is 13.0 Å². The Morgan fingerprint density at radius 1 is 1.14 bits per heavy atom. The lowest BCUT2D eigenvalue weighted by atomic mass is 10.3. The van der Waals surface area contributed by atoms with Crippen LogP contribution in [0.25, 0.3) is 0 Å². The second-order valence-electron chi connectivity index (χ2n) is 6.58. The summed E-state index contributed by atoms with van der Waals surface area (Å²) in [6, 6.07) is 5.75. The van der Waals surface area contributed by atoms with E-state index < -0.39 is 0 Å². The maximum atomic E-state index is 12.6. The summed E-state index contributed by atoms with van der Waals surface area (Å²) in [6.07, 6.45) is 3.45. The molecule has 1 aliphatic rings. The van der Waals surface area contributed by atoms with Gasteiger partial charge in [-0.05, 0) is 24.1 Å². The van der Waals surface area contributed by atoms with Crippen molar-refractivity contribution in [3.63, 3.8) is 0 Å². The second kappa shape index (κ2) is 10.1. The Morgan fingerprint density at radius 3 is 2.54 bits per heavy atom. The van der Waals surface area contributed by atoms with Gasteiger partial charge in [-0.25, -0.2) is 9.97 Å². The molecule has 0 spiro atoms. The van der Waals surface area contributed by atoms with Crippen LogP contribution < -0.4 is 10.2 Å². The van der Waals surface area contributed by atoms with Crippen molar-refractivity contribution in [3.05, 3.63) is 40.8 Å². The molecule has 1 aliphatic heterocycles. The molecular weight excluding hydrogens is 376 g/mol. The van der Waals surface area contributed by atoms with Gasteiger partial charge in [0.05, 0.1) is 19.6 Å². The normalized spacial score (nSPS) is 14.4. The minimum Gasteiger partial charge on any atom is -0.350 e. The SMILES string of the molecule is CCN(CC(=O)NCc1cccs1)CC(=O)N1CCN(c2ncccn2)CC1. The number of anilines is 1. The molecule has 150 valence electrons. The maximum Gasteiger partial charge on any atom is 0.236 e. The fraction of sp³-hybridized carbons (Fsp3) is 0.474. The molecule has 1 N–H and O–H groups in total. The second-order valence-corrected chi connectivity index (χ2v) is 7.61. The first-order valence-electron chi connectivity index (χ1n) is 9.47. The van der Waals surface area contributed by atoms with Crippen LogP contribution in [-0.2, 0) is 16.1 Å². The number of piperazine rings is 1. The number of amides is 2. The number of nitrogens with one attached hydrogen (secondary N) is 1. The Labute approximate surface area is 169 Å². The Bertz CT molecular complexity index is 747. The van der Waals surface area contributed by atoms with Gasteiger partial charge in [0.2, 0.25) is 17.8 Å². The van der Waals surface area contributed by atoms with Crippen molar-refractivity contribution < 1.29 is 9.59 Å². The van der Waals surface area contributed by atoms with Gasteiger partial charge in [0.25, 0.3) is 0 Å². The van der Waals surface area contributed by atoms with Crippen LogP contribution in [0.1, 0.15) is 11.8 Å². The van der Waals surface area contributed by atoms with Crippen LogP contribution in [-0.4, -0.2) is 77.4 Å². The highest BCUT2D eigenvalue weighted by atomic mass is 32.1. The van der Waals surface area contributed by atoms with Gasteiger partial charge in [-0.15, -0.1) is 11.3 Å². The van der Waals surface area contributed by atoms with Gasteiger partial charge in [-0.3, -0.25) is 14.5 Å². The highest BCUT2D eigenvalue weighted by molar-refractivity contribution is 7.09. The number of thiophene rings is 1. The third-order valence-corrected chi connectivity index (χ3v) is 5.56. The van der Waals surface area contributed by atoms with Crippen LogP contribution in [0.4, 0.5) is 5.95 Å². The Morgan fingerprint density at radius 2 is 1.89 bits per heavy atom. The predicted molar refractivity (Wildman–Crippen MR) is 109 cm³/mol. The van der Waals surface area contributed by atoms with Crippen LogP contribution in [0.2, 0.25) is 0 Å². The molecule has 3 rings (SSSR count). The molecule has 0 aromatic carbocycles. The number of carbonyl (C=O) groups excluding carboxylic acids is 2. The van der Waals surface area contributed by atoms with Gasteiger partial charge < -0.3 is 15.1 Å². The molecule has 0 atom stereocenters. The van der Waals surface area contributed by atoms with Gasteiger partial charge in [0, 0.05) is 43.4 Å². The molecule has 2 aromatic heterocycles. The van der Waals surface area contributed by atoms with Gasteiger partial charge >= 0.3 is 0 Å². The lowest BCUT2D eigenvalue weighted by Gasteiger charge is -2.35. The standard InChI is InChI=1S/C19H26N6O2S/c1-2-23(14-17(26)22-13-16-5-3-12-28-16)15-18(27)24-8-10-25(11-9-24)19-20-6-4-7-21-19/h3-7,12H,2,8-11,13-15H2,1H3,(H,22,26). The van der Waals surface area contributed by atoms with Crippen LogP contribution in [0, 0.1) is 0 Å². The summed E-state index contributed by atoms with van der Waals surface area (Å²) in [5, 5.41) is 4.90. The first kappa shape index (κ1) is 20.2. The molecule has 9 heteroatoms. The highest BCUT2D eigenvalue weighted by Gasteiger charge is 2.24. The zero-order valence-electron chi connectivity index (χ0n) is 16.1. The van der Waals surface area contributed by atoms with E-state index in [4.69, 9.17) is 0 Å². The lowest BCUT2D eigenvalue weighted by Crippen LogP contribution is -2.52. The van der Waals surface area contributed by atoms with E-state index in [0.29, 0.717) is 45.2 Å². The van der Waals surface area contributed by atoms with Crippen molar-refractivity contribution >= 4 is 29.1 Å². The first-order chi connectivity index (χ1) is 13.7. The largest absolute Gasteiger partial charge is 0.350 e. The quantitative estimate of drug-likeness (QED) is 0.704. The molecule has 0 aliphatic carbocycles. The van der Waals surface area contributed by atoms with Crippen molar-refractivity contribution in [2.24, 2.45) is 0 Å². The monoisotopic (exact) mass is 402 g/mol. The molecule has 2 aromatic rings. The number of hydrogen-bond acceptors (Lipinski definition) is 7. The van der Waals surface area contributed by atoms with Crippen molar-refractivity contribution in [3.8, 4) is 0 Å². The number of nitrogens with zero attached hydrogens (tertiary/aromatic N) is 5. The summed E-state index contributed by atoms with van der Waals surface area (Å²) in [5.74, 6) is 0.697. The Hall–Kier alpha value is -2.52. The molecule has 28 heavy (non-hydrogen) atoms. The minimum atomic E-state index is -0.0610. The minimum absolute atomic E-state index is 0.0570. The Kier molecular flexibility index (Phi) is 7.32. The van der Waals surface area contributed by atoms with E-state index in [1.165, 1.54) is 0 Å². The summed E-state index contributed by atoms with van der Waals surface area (Å²) in [5.41, 5.74) is 0. The zero-order valence-corrected chi connectivity index (χ0v) is 16.9. The van der Waals surface area contributed by atoms with E-state index in [0.717, 1.165) is 4.88 Å². The Balaban J connectivity index is 1.42. The van der Waals surface area contributed by atoms with E-state index in [1.54, 1.807) is 29.8 Å². The van der Waals surface area contributed by atoms with Gasteiger partial charge in [0.15, 0.2) is 0 Å². The van der Waals surface area contributed by atoms with E-state index in [2.05, 4.69) is 20.2 Å². The van der Waals surface area contributed by atoms with E-state index in [1.807, 2.05) is 34.2 Å². The van der Waals surface area contributed by atoms with Crippen molar-refractivity contribution in [2.45, 2.75) is 13.5 Å². The zero-order chi connectivity index (χ0) is 19.8. The van der Waals surface area contributed by atoms with E-state index in [9.17, 15) is 9.59 Å². The number of rotatable bonds is 8. The highest BCUT2D eigenvalue weighted by Crippen LogP contribution is 2.10. The third kappa shape index (κ3) is 5.74. The van der Waals surface area contributed by atoms with Crippen molar-refractivity contribution in [1.82, 2.24) is 25.1 Å². The molecule has 2 amide bonds. The van der Waals surface area contributed by atoms with Crippen LogP contribution in [0.5, 0.6) is 0 Å². The van der Waals surface area contributed by atoms with Gasteiger partial charge in [0.1, 0.15) is 0 Å². The summed E-state index contributed by atoms with van der Waals surface area (Å²) in [4.78, 5) is 40.3. The molecule has 0 radical (unpaired) electrons. The summed E-state index contributed by atoms with van der Waals surface area (Å²) in [7, 11) is 0. The molecule has 0 unspecified atom stereocenters. The van der Waals surface area contributed by atoms with Crippen molar-refractivity contribution in [1.29, 1.82) is 0 Å². The smallest absolute Gasteiger partial charge is 0.236 e. The van der Waals surface area contributed by atoms with E-state index >= 15 is 0 Å². The number of likely N-dealkylation sites (N-methyl/N-ethyl adjacent to an activating group) is 1. The number of hydrogen-bond donors (Lipinski definition) is 1. The molecule has 0 bridgehead atoms. The number of carbonyl (C=O) groups is 2. The third-order valence-electron chi connectivity index (χ3n) is 4.68. The molecule has 8 nitrogen and oxygen atoms in total. The predicted octanol–water partition coefficient (Wildman–Crippen LogP) is 0.825. The molecule has 0 saturated carbocycles. The fourth-order valence-electron chi connectivity index (χ4n) is 3.04. The number of aromatic nitrogens is 2. The van der Waals surface area contributed by atoms with Crippen LogP contribution in [0.3, 0.4) is 0 Å².